The molecule has 0 N–H and O–H groups in total. The number of ether oxygens (including phenoxy) is 2. The molecule has 2 bridgehead atoms. The number of hydrogen-bond acceptors (Lipinski definition) is 5. The molecule has 2 aliphatic carbocycles. The molecule has 1 heterocycles. The van der Waals surface area contributed by atoms with Crippen molar-refractivity contribution in [3.63, 3.8) is 0 Å². The van der Waals surface area contributed by atoms with Crippen molar-refractivity contribution in [2.75, 3.05) is 6.61 Å². The van der Waals surface area contributed by atoms with Gasteiger partial charge in [0.05, 0.1) is 29.7 Å². The summed E-state index contributed by atoms with van der Waals surface area (Å²) in [5.74, 6) is 0.329. The lowest BCUT2D eigenvalue weighted by atomic mass is 9.85. The van der Waals surface area contributed by atoms with E-state index in [1.807, 2.05) is 27.7 Å². The number of amides is 2. The largest absolute Gasteiger partial charge is 0.490 e. The molecule has 4 unspecified atom stereocenters. The van der Waals surface area contributed by atoms with E-state index in [2.05, 4.69) is 17.3 Å². The second-order valence-electron chi connectivity index (χ2n) is 8.71. The second-order valence-corrected chi connectivity index (χ2v) is 9.12. The molecule has 154 valence electrons. The molecule has 4 rings (SSSR count). The van der Waals surface area contributed by atoms with Crippen molar-refractivity contribution < 1.29 is 19.1 Å². The summed E-state index contributed by atoms with van der Waals surface area (Å²) in [5.41, 5.74) is 0.184. The first kappa shape index (κ1) is 20.0. The molecule has 0 radical (unpaired) electrons. The van der Waals surface area contributed by atoms with Gasteiger partial charge in [-0.1, -0.05) is 23.8 Å². The quantitative estimate of drug-likeness (QED) is 0.412. The highest BCUT2D eigenvalue weighted by Gasteiger charge is 2.59. The number of hydrogen-bond donors (Lipinski definition) is 0. The molecular weight excluding hydrogens is 392 g/mol. The second kappa shape index (κ2) is 7.17. The van der Waals surface area contributed by atoms with Crippen LogP contribution in [0.1, 0.15) is 39.7 Å². The van der Waals surface area contributed by atoms with Gasteiger partial charge in [-0.05, 0) is 63.6 Å². The molecule has 0 aromatic heterocycles. The number of nitrogens with zero attached hydrogens (tertiary/aromatic N) is 2. The number of benzene rings is 1. The van der Waals surface area contributed by atoms with Crippen molar-refractivity contribution in [3.05, 3.63) is 34.9 Å². The van der Waals surface area contributed by atoms with E-state index in [9.17, 15) is 9.59 Å². The number of carbonyl (C=O) groups excluding carboxylic acids is 2. The fourth-order valence-corrected chi connectivity index (χ4v) is 4.71. The molecule has 7 heteroatoms. The van der Waals surface area contributed by atoms with Gasteiger partial charge in [-0.2, -0.15) is 10.1 Å². The normalized spacial score (nSPS) is 28.0. The van der Waals surface area contributed by atoms with Crippen molar-refractivity contribution in [2.24, 2.45) is 28.8 Å². The van der Waals surface area contributed by atoms with E-state index < -0.39 is 5.60 Å². The lowest BCUT2D eigenvalue weighted by molar-refractivity contribution is -0.140. The number of rotatable bonds is 5. The molecule has 0 spiro atoms. The van der Waals surface area contributed by atoms with Crippen LogP contribution in [0, 0.1) is 23.7 Å². The highest BCUT2D eigenvalue weighted by Crippen LogP contribution is 2.52. The first-order valence-corrected chi connectivity index (χ1v) is 10.3. The predicted octanol–water partition coefficient (Wildman–Crippen LogP) is 4.06. The first-order chi connectivity index (χ1) is 13.7. The Hall–Kier alpha value is -2.34. The molecular formula is C22H25ClN2O4. The Morgan fingerprint density at radius 1 is 1.17 bits per heavy atom. The molecule has 1 aromatic rings. The van der Waals surface area contributed by atoms with Gasteiger partial charge < -0.3 is 9.47 Å². The van der Waals surface area contributed by atoms with Gasteiger partial charge in [0.1, 0.15) is 5.60 Å². The minimum atomic E-state index is -0.440. The van der Waals surface area contributed by atoms with Crippen LogP contribution in [0.2, 0.25) is 5.02 Å². The van der Waals surface area contributed by atoms with Crippen LogP contribution in [0.3, 0.4) is 0 Å². The van der Waals surface area contributed by atoms with Gasteiger partial charge in [0.2, 0.25) is 0 Å². The van der Waals surface area contributed by atoms with Crippen LogP contribution >= 0.6 is 11.6 Å². The summed E-state index contributed by atoms with van der Waals surface area (Å²) in [6.07, 6.45) is 6.49. The lowest BCUT2D eigenvalue weighted by Gasteiger charge is -2.24. The minimum absolute atomic E-state index is 0.162. The number of hydrazone groups is 1. The van der Waals surface area contributed by atoms with Gasteiger partial charge in [-0.3, -0.25) is 9.59 Å². The van der Waals surface area contributed by atoms with E-state index in [1.165, 1.54) is 6.21 Å². The topological polar surface area (TPSA) is 68.2 Å². The highest BCUT2D eigenvalue weighted by atomic mass is 35.5. The molecule has 1 aromatic carbocycles. The smallest absolute Gasteiger partial charge is 0.254 e. The summed E-state index contributed by atoms with van der Waals surface area (Å²) < 4.78 is 11.6. The Bertz CT molecular complexity index is 888. The van der Waals surface area contributed by atoms with Crippen LogP contribution < -0.4 is 9.47 Å². The minimum Gasteiger partial charge on any atom is -0.490 e. The Morgan fingerprint density at radius 2 is 1.79 bits per heavy atom. The Morgan fingerprint density at radius 3 is 2.34 bits per heavy atom. The van der Waals surface area contributed by atoms with Gasteiger partial charge in [-0.25, -0.2) is 0 Å². The van der Waals surface area contributed by atoms with Crippen LogP contribution in [-0.4, -0.2) is 35.2 Å². The van der Waals surface area contributed by atoms with Crippen molar-refractivity contribution >= 4 is 29.6 Å². The molecule has 29 heavy (non-hydrogen) atoms. The van der Waals surface area contributed by atoms with E-state index in [1.54, 1.807) is 12.1 Å². The van der Waals surface area contributed by atoms with E-state index in [0.717, 1.165) is 11.4 Å². The summed E-state index contributed by atoms with van der Waals surface area (Å²) in [6.45, 7) is 8.10. The van der Waals surface area contributed by atoms with Crippen molar-refractivity contribution in [1.29, 1.82) is 0 Å². The average molecular weight is 417 g/mol. The Kier molecular flexibility index (Phi) is 4.93. The van der Waals surface area contributed by atoms with Crippen LogP contribution in [-0.2, 0) is 9.59 Å². The van der Waals surface area contributed by atoms with Crippen molar-refractivity contribution in [2.45, 2.75) is 39.7 Å². The van der Waals surface area contributed by atoms with Crippen LogP contribution in [0.25, 0.3) is 0 Å². The van der Waals surface area contributed by atoms with Gasteiger partial charge in [-0.15, -0.1) is 0 Å². The van der Waals surface area contributed by atoms with E-state index in [-0.39, 0.29) is 35.5 Å². The summed E-state index contributed by atoms with van der Waals surface area (Å²) in [6, 6.07) is 3.43. The fraction of sp³-hybridized carbons (Fsp3) is 0.500. The van der Waals surface area contributed by atoms with Crippen LogP contribution in [0.4, 0.5) is 0 Å². The zero-order chi connectivity index (χ0) is 20.9. The van der Waals surface area contributed by atoms with Crippen molar-refractivity contribution in [3.8, 4) is 11.5 Å². The molecule has 4 atom stereocenters. The van der Waals surface area contributed by atoms with Gasteiger partial charge >= 0.3 is 0 Å². The number of imide groups is 1. The summed E-state index contributed by atoms with van der Waals surface area (Å²) >= 11 is 6.43. The van der Waals surface area contributed by atoms with E-state index in [4.69, 9.17) is 21.1 Å². The fourth-order valence-electron chi connectivity index (χ4n) is 4.46. The monoisotopic (exact) mass is 416 g/mol. The van der Waals surface area contributed by atoms with Crippen LogP contribution in [0.15, 0.2) is 29.4 Å². The maximum absolute atomic E-state index is 12.7. The van der Waals surface area contributed by atoms with E-state index >= 15 is 0 Å². The number of fused-ring (bicyclic) bond motifs is 5. The van der Waals surface area contributed by atoms with Crippen LogP contribution in [0.5, 0.6) is 11.5 Å². The van der Waals surface area contributed by atoms with Gasteiger partial charge in [0.25, 0.3) is 11.8 Å². The maximum Gasteiger partial charge on any atom is 0.254 e. The molecule has 1 saturated carbocycles. The lowest BCUT2D eigenvalue weighted by Crippen LogP contribution is -2.28. The third kappa shape index (κ3) is 3.54. The zero-order valence-electron chi connectivity index (χ0n) is 17.0. The van der Waals surface area contributed by atoms with Crippen molar-refractivity contribution in [1.82, 2.24) is 5.01 Å². The summed E-state index contributed by atoms with van der Waals surface area (Å²) in [4.78, 5) is 25.5. The highest BCUT2D eigenvalue weighted by molar-refractivity contribution is 6.32. The summed E-state index contributed by atoms with van der Waals surface area (Å²) in [7, 11) is 0. The first-order valence-electron chi connectivity index (χ1n) is 9.95. The van der Waals surface area contributed by atoms with E-state index in [0.29, 0.717) is 28.7 Å². The molecule has 2 amide bonds. The van der Waals surface area contributed by atoms with Gasteiger partial charge in [0, 0.05) is 0 Å². The number of halogens is 1. The predicted molar refractivity (Wildman–Crippen MR) is 110 cm³/mol. The molecule has 3 aliphatic rings. The molecule has 2 fully saturated rings. The molecule has 1 saturated heterocycles. The maximum atomic E-state index is 12.7. The number of allylic oxidation sites excluding steroid dienone is 2. The number of carbonyl (C=O) groups is 2. The SMILES string of the molecule is CCOc1cc(C=NN2C(=O)C3C4C=CC(C4)C3C2=O)cc(Cl)c1OC(C)(C)C. The molecule has 6 nitrogen and oxygen atoms in total. The summed E-state index contributed by atoms with van der Waals surface area (Å²) in [5, 5.41) is 5.61. The Labute approximate surface area is 175 Å². The standard InChI is InChI=1S/C22H25ClN2O4/c1-5-28-16-9-12(8-15(23)19(16)29-22(2,3)4)11-24-25-20(26)17-13-6-7-14(10-13)18(17)21(25)27/h6-9,11,13-14,17-18H,5,10H2,1-4H3. The molecule has 1 aliphatic heterocycles. The van der Waals surface area contributed by atoms with Gasteiger partial charge in [0.15, 0.2) is 11.5 Å². The Balaban J connectivity index is 1.59. The third-order valence-electron chi connectivity index (χ3n) is 5.51. The average Bonchev–Trinajstić information content (AvgIpc) is 3.30. The third-order valence-corrected chi connectivity index (χ3v) is 5.79. The zero-order valence-corrected chi connectivity index (χ0v) is 17.8.